The third-order valence-corrected chi connectivity index (χ3v) is 5.58. The van der Waals surface area contributed by atoms with E-state index in [9.17, 15) is 34.2 Å². The first-order valence-electron chi connectivity index (χ1n) is 12.2. The number of carbonyl (C=O) groups is 5. The van der Waals surface area contributed by atoms with Gasteiger partial charge in [-0.25, -0.2) is 4.79 Å². The average Bonchev–Trinajstić information content (AvgIpc) is 2.87. The van der Waals surface area contributed by atoms with Crippen LogP contribution in [0.1, 0.15) is 32.6 Å². The molecule has 0 aromatic heterocycles. The van der Waals surface area contributed by atoms with Gasteiger partial charge in [0.05, 0.1) is 12.6 Å². The van der Waals surface area contributed by atoms with Crippen LogP contribution in [0, 0.1) is 0 Å². The molecule has 228 valence electrons. The van der Waals surface area contributed by atoms with Gasteiger partial charge in [0.25, 0.3) is 0 Å². The topological polar surface area (TPSA) is 329 Å². The lowest BCUT2D eigenvalue weighted by Gasteiger charge is -2.22. The van der Waals surface area contributed by atoms with Crippen molar-refractivity contribution in [3.63, 3.8) is 0 Å². The van der Waals surface area contributed by atoms with Gasteiger partial charge in [-0.15, -0.1) is 0 Å². The average molecular weight is 592 g/mol. The molecular weight excluding hydrogens is 550 g/mol. The van der Waals surface area contributed by atoms with E-state index in [2.05, 4.69) is 43.9 Å². The van der Waals surface area contributed by atoms with Crippen LogP contribution in [0.2, 0.25) is 0 Å². The zero-order valence-electron chi connectivity index (χ0n) is 22.2. The third-order valence-electron chi connectivity index (χ3n) is 5.22. The van der Waals surface area contributed by atoms with Crippen molar-refractivity contribution in [2.24, 2.45) is 38.7 Å². The molecule has 19 heteroatoms. The number of aliphatic imine (C=N–C) groups is 2. The minimum absolute atomic E-state index is 0.0240. The quantitative estimate of drug-likeness (QED) is 0.0289. The van der Waals surface area contributed by atoms with Crippen molar-refractivity contribution in [1.29, 1.82) is 0 Å². The van der Waals surface area contributed by atoms with E-state index in [1.807, 2.05) is 0 Å². The van der Waals surface area contributed by atoms with E-state index in [1.165, 1.54) is 6.92 Å². The van der Waals surface area contributed by atoms with Crippen LogP contribution in [0.3, 0.4) is 0 Å². The number of thiol groups is 1. The summed E-state index contributed by atoms with van der Waals surface area (Å²) in [4.78, 5) is 68.9. The molecular formula is C21H41N11O7S. The second-order valence-electron chi connectivity index (χ2n) is 8.65. The largest absolute Gasteiger partial charge is 0.480 e. The van der Waals surface area contributed by atoms with Gasteiger partial charge in [-0.1, -0.05) is 0 Å². The fourth-order valence-electron chi connectivity index (χ4n) is 3.02. The molecule has 0 unspecified atom stereocenters. The predicted octanol–water partition coefficient (Wildman–Crippen LogP) is -5.61. The van der Waals surface area contributed by atoms with Crippen molar-refractivity contribution in [2.75, 3.05) is 25.4 Å². The monoisotopic (exact) mass is 591 g/mol. The zero-order chi connectivity index (χ0) is 30.8. The summed E-state index contributed by atoms with van der Waals surface area (Å²) in [6, 6.07) is -4.92. The highest BCUT2D eigenvalue weighted by atomic mass is 32.1. The van der Waals surface area contributed by atoms with Crippen LogP contribution in [0.25, 0.3) is 0 Å². The molecule has 0 spiro atoms. The van der Waals surface area contributed by atoms with Crippen molar-refractivity contribution in [3.8, 4) is 0 Å². The number of hydrogen-bond acceptors (Lipinski definition) is 10. The number of aliphatic hydroxyl groups excluding tert-OH is 1. The molecule has 0 aliphatic rings. The van der Waals surface area contributed by atoms with Crippen molar-refractivity contribution < 1.29 is 34.2 Å². The summed E-state index contributed by atoms with van der Waals surface area (Å²) >= 11 is 4.02. The van der Waals surface area contributed by atoms with Crippen LogP contribution in [-0.4, -0.2) is 107 Å². The minimum Gasteiger partial charge on any atom is -0.480 e. The lowest BCUT2D eigenvalue weighted by Crippen LogP contribution is -2.56. The standard InChI is InChI=1S/C21H41N11O7S/c1-10(33)15(22)18(37)31-11(4-2-6-27-20(23)24)16(35)29-8-14(34)30-13(9-40)17(36)32-12(19(38)39)5-3-7-28-21(25)26/h10-13,15,33,40H,2-9,22H2,1H3,(H,29,35)(H,30,34)(H,31,37)(H,32,36)(H,38,39)(H4,23,24,27)(H4,25,26,28)/t10-,11+,12+,13-,15+/m1/s1. The lowest BCUT2D eigenvalue weighted by atomic mass is 10.1. The molecule has 0 aliphatic carbocycles. The van der Waals surface area contributed by atoms with Gasteiger partial charge in [0.2, 0.25) is 23.6 Å². The van der Waals surface area contributed by atoms with Crippen LogP contribution >= 0.6 is 12.6 Å². The zero-order valence-corrected chi connectivity index (χ0v) is 23.1. The number of aliphatic hydroxyl groups is 1. The molecule has 16 N–H and O–H groups in total. The SMILES string of the molecule is C[C@@H](O)[C@H](N)C(=O)N[C@@H](CCCN=C(N)N)C(=O)NCC(=O)N[C@H](CS)C(=O)N[C@@H](CCCN=C(N)N)C(=O)O. The molecule has 0 bridgehead atoms. The van der Waals surface area contributed by atoms with Gasteiger partial charge in [-0.3, -0.25) is 29.2 Å². The number of carbonyl (C=O) groups excluding carboxylic acids is 4. The molecule has 0 aliphatic heterocycles. The van der Waals surface area contributed by atoms with Gasteiger partial charge in [0, 0.05) is 18.8 Å². The van der Waals surface area contributed by atoms with Crippen molar-refractivity contribution in [1.82, 2.24) is 21.3 Å². The molecule has 0 aromatic rings. The molecule has 0 rings (SSSR count). The van der Waals surface area contributed by atoms with E-state index >= 15 is 0 Å². The summed E-state index contributed by atoms with van der Waals surface area (Å²) in [6.45, 7) is 1.05. The number of amides is 4. The highest BCUT2D eigenvalue weighted by Crippen LogP contribution is 2.02. The molecule has 0 heterocycles. The van der Waals surface area contributed by atoms with Crippen molar-refractivity contribution >= 4 is 54.1 Å². The van der Waals surface area contributed by atoms with E-state index in [-0.39, 0.29) is 56.4 Å². The highest BCUT2D eigenvalue weighted by molar-refractivity contribution is 7.80. The predicted molar refractivity (Wildman–Crippen MR) is 150 cm³/mol. The molecule has 5 atom stereocenters. The molecule has 40 heavy (non-hydrogen) atoms. The maximum atomic E-state index is 12.7. The number of hydrogen-bond donors (Lipinski definition) is 12. The number of nitrogens with zero attached hydrogens (tertiary/aromatic N) is 2. The van der Waals surface area contributed by atoms with Gasteiger partial charge in [-0.2, -0.15) is 12.6 Å². The molecule has 0 radical (unpaired) electrons. The van der Waals surface area contributed by atoms with E-state index in [1.54, 1.807) is 0 Å². The fraction of sp³-hybridized carbons (Fsp3) is 0.667. The summed E-state index contributed by atoms with van der Waals surface area (Å²) in [7, 11) is 0. The first-order chi connectivity index (χ1) is 18.7. The van der Waals surface area contributed by atoms with Gasteiger partial charge in [0.1, 0.15) is 24.2 Å². The van der Waals surface area contributed by atoms with Gasteiger partial charge in [-0.05, 0) is 32.6 Å². The summed E-state index contributed by atoms with van der Waals surface area (Å²) in [5, 5.41) is 28.3. The number of nitrogens with two attached hydrogens (primary N) is 5. The Bertz CT molecular complexity index is 925. The maximum absolute atomic E-state index is 12.7. The number of rotatable bonds is 19. The summed E-state index contributed by atoms with van der Waals surface area (Å²) in [6.07, 6.45) is -0.532. The number of nitrogens with one attached hydrogen (secondary N) is 4. The Hall–Kier alpha value is -3.84. The van der Waals surface area contributed by atoms with Crippen LogP contribution in [0.4, 0.5) is 0 Å². The Balaban J connectivity index is 5.09. The third kappa shape index (κ3) is 15.5. The molecule has 0 saturated carbocycles. The number of carboxylic acid groups (broad SMARTS) is 1. The first-order valence-corrected chi connectivity index (χ1v) is 12.9. The molecule has 4 amide bonds. The highest BCUT2D eigenvalue weighted by Gasteiger charge is 2.28. The van der Waals surface area contributed by atoms with Crippen molar-refractivity contribution in [2.45, 2.75) is 62.9 Å². The van der Waals surface area contributed by atoms with Gasteiger partial charge < -0.3 is 60.1 Å². The Labute approximate surface area is 236 Å². The molecule has 0 fully saturated rings. The van der Waals surface area contributed by atoms with Crippen LogP contribution < -0.4 is 49.9 Å². The Morgan fingerprint density at radius 1 is 0.800 bits per heavy atom. The van der Waals surface area contributed by atoms with Gasteiger partial charge >= 0.3 is 5.97 Å². The second-order valence-corrected chi connectivity index (χ2v) is 9.01. The van der Waals surface area contributed by atoms with Crippen LogP contribution in [-0.2, 0) is 24.0 Å². The maximum Gasteiger partial charge on any atom is 0.326 e. The normalized spacial score (nSPS) is 14.3. The second kappa shape index (κ2) is 19.3. The van der Waals surface area contributed by atoms with E-state index in [0.717, 1.165) is 0 Å². The Kier molecular flexibility index (Phi) is 17.4. The summed E-state index contributed by atoms with van der Waals surface area (Å²) < 4.78 is 0. The minimum atomic E-state index is -1.30. The molecule has 0 aromatic carbocycles. The van der Waals surface area contributed by atoms with E-state index in [4.69, 9.17) is 28.7 Å². The van der Waals surface area contributed by atoms with Crippen molar-refractivity contribution in [3.05, 3.63) is 0 Å². The Morgan fingerprint density at radius 3 is 1.75 bits per heavy atom. The summed E-state index contributed by atoms with van der Waals surface area (Å²) in [5.74, 6) is -4.90. The number of aliphatic carboxylic acids is 1. The van der Waals surface area contributed by atoms with Crippen LogP contribution in [0.15, 0.2) is 9.98 Å². The van der Waals surface area contributed by atoms with Crippen LogP contribution in [0.5, 0.6) is 0 Å². The first kappa shape index (κ1) is 36.2. The lowest BCUT2D eigenvalue weighted by molar-refractivity contribution is -0.142. The summed E-state index contributed by atoms with van der Waals surface area (Å²) in [5.41, 5.74) is 26.6. The molecule has 0 saturated heterocycles. The Morgan fingerprint density at radius 2 is 1.30 bits per heavy atom. The van der Waals surface area contributed by atoms with E-state index < -0.39 is 66.4 Å². The van der Waals surface area contributed by atoms with E-state index in [0.29, 0.717) is 0 Å². The number of guanidine groups is 2. The molecule has 18 nitrogen and oxygen atoms in total. The fourth-order valence-corrected chi connectivity index (χ4v) is 3.28. The number of carboxylic acids is 1. The smallest absolute Gasteiger partial charge is 0.326 e. The van der Waals surface area contributed by atoms with Gasteiger partial charge in [0.15, 0.2) is 11.9 Å².